The van der Waals surface area contributed by atoms with Crippen LogP contribution in [0.15, 0.2) is 152 Å². The maximum Gasteiger partial charge on any atom is 0.267 e. The van der Waals surface area contributed by atoms with Gasteiger partial charge in [-0.15, -0.1) is 29.7 Å². The minimum absolute atomic E-state index is 0. The molecule has 9 aromatic rings. The second kappa shape index (κ2) is 17.6. The molecule has 0 N–H and O–H groups in total. The number of pyridine rings is 1. The molecule has 0 aliphatic rings. The van der Waals surface area contributed by atoms with Crippen LogP contribution in [-0.2, 0) is 31.9 Å². The number of fused-ring (bicyclic) bond motifs is 3. The van der Waals surface area contributed by atoms with E-state index >= 15 is 0 Å². The van der Waals surface area contributed by atoms with Crippen molar-refractivity contribution < 1.29 is 38.6 Å². The zero-order chi connectivity index (χ0) is 48.4. The van der Waals surface area contributed by atoms with Gasteiger partial charge in [0.05, 0.1) is 12.5 Å². The number of rotatable bonds is 10. The Bertz CT molecular complexity index is 3350. The van der Waals surface area contributed by atoms with Gasteiger partial charge in [0.15, 0.2) is 0 Å². The van der Waals surface area contributed by atoms with Crippen LogP contribution in [0.1, 0.15) is 99.0 Å². The van der Waals surface area contributed by atoms with Gasteiger partial charge in [-0.25, -0.2) is 4.98 Å². The molecule has 320 valence electrons. The van der Waals surface area contributed by atoms with E-state index in [1.165, 1.54) is 0 Å². The van der Waals surface area contributed by atoms with Crippen LogP contribution >= 0.6 is 0 Å². The molecule has 0 aliphatic carbocycles. The Morgan fingerprint density at radius 2 is 1.41 bits per heavy atom. The fraction of sp³-hybridized carbons (Fsp3) is 0.228. The molecule has 9 rings (SSSR count). The van der Waals surface area contributed by atoms with Crippen LogP contribution in [0.3, 0.4) is 0 Å². The standard InChI is InChI=1S/C57H54N4O.Pt/c1-9-39(10-2)41-28-29-58-54(34-41)61-52-25-15-14-22-50(52)51-27-26-47(37-53(51)61)62-46-21-16-20-45(36-46)59-30-31-60(38-59)55-48(40-18-12-11-13-19-40)23-17-24-49(55)42-32-43(56(3,4)5)35-44(33-42)57(6,7)8;/h11-35,39H,9-10H2,1-8H3;/q-2;/i11D,12D,13D,18D,19D,39D;. The van der Waals surface area contributed by atoms with E-state index in [1.807, 2.05) is 104 Å². The molecule has 0 atom stereocenters. The topological polar surface area (TPSA) is 35.9 Å². The van der Waals surface area contributed by atoms with Gasteiger partial charge in [0, 0.05) is 58.0 Å². The summed E-state index contributed by atoms with van der Waals surface area (Å²) < 4.78 is 65.0. The molecule has 0 radical (unpaired) electrons. The average Bonchev–Trinajstić information content (AvgIpc) is 3.95. The number of hydrogen-bond acceptors (Lipinski definition) is 2. The van der Waals surface area contributed by atoms with Crippen LogP contribution in [-0.4, -0.2) is 14.1 Å². The van der Waals surface area contributed by atoms with Gasteiger partial charge in [0.2, 0.25) is 0 Å². The van der Waals surface area contributed by atoms with E-state index in [2.05, 4.69) is 94.9 Å². The van der Waals surface area contributed by atoms with Crippen LogP contribution in [0.5, 0.6) is 11.5 Å². The smallest absolute Gasteiger partial charge is 0.267 e. The van der Waals surface area contributed by atoms with Crippen LogP contribution in [0.25, 0.3) is 61.3 Å². The van der Waals surface area contributed by atoms with E-state index in [4.69, 9.17) is 17.9 Å². The first-order valence-corrected chi connectivity index (χ1v) is 21.3. The first kappa shape index (κ1) is 36.5. The molecule has 0 bridgehead atoms. The molecule has 0 unspecified atom stereocenters. The average molecular weight is 1010 g/mol. The zero-order valence-corrected chi connectivity index (χ0v) is 39.2. The minimum atomic E-state index is -0.726. The molecular formula is C57H54N4OPt-2. The molecule has 0 spiro atoms. The van der Waals surface area contributed by atoms with Crippen molar-refractivity contribution in [3.63, 3.8) is 0 Å². The number of para-hydroxylation sites is 2. The number of benzene rings is 6. The van der Waals surface area contributed by atoms with Crippen LogP contribution in [0.4, 0.5) is 0 Å². The van der Waals surface area contributed by atoms with Crippen molar-refractivity contribution in [3.8, 4) is 50.9 Å². The maximum absolute atomic E-state index is 9.16. The molecule has 0 saturated heterocycles. The summed E-state index contributed by atoms with van der Waals surface area (Å²) in [6.07, 6.45) is 10.3. The van der Waals surface area contributed by atoms with E-state index in [1.54, 1.807) is 10.8 Å². The van der Waals surface area contributed by atoms with Crippen molar-refractivity contribution >= 4 is 21.8 Å². The van der Waals surface area contributed by atoms with Crippen molar-refractivity contribution in [2.75, 3.05) is 0 Å². The summed E-state index contributed by atoms with van der Waals surface area (Å²) in [6.45, 7) is 17.2. The van der Waals surface area contributed by atoms with Crippen molar-refractivity contribution in [1.29, 1.82) is 0 Å². The van der Waals surface area contributed by atoms with E-state index in [0.717, 1.165) is 49.6 Å². The van der Waals surface area contributed by atoms with Gasteiger partial charge in [-0.1, -0.05) is 146 Å². The van der Waals surface area contributed by atoms with Gasteiger partial charge in [0.1, 0.15) is 5.82 Å². The predicted octanol–water partition coefficient (Wildman–Crippen LogP) is 14.3. The molecule has 6 aromatic carbocycles. The molecule has 0 amide bonds. The molecule has 0 saturated carbocycles. The molecule has 6 heteroatoms. The predicted molar refractivity (Wildman–Crippen MR) is 254 cm³/mol. The van der Waals surface area contributed by atoms with Crippen molar-refractivity contribution in [3.05, 3.63) is 187 Å². The van der Waals surface area contributed by atoms with Gasteiger partial charge in [-0.2, -0.15) is 18.2 Å². The minimum Gasteiger partial charge on any atom is -0.510 e. The third-order valence-corrected chi connectivity index (χ3v) is 11.6. The molecule has 0 aliphatic heterocycles. The SMILES string of the molecule is [2H]c1c([2H])c([2H])c(-c2cccc(-c3cc(C(C)(C)C)cc(C(C)(C)C)c3)c2-[n+]2[c-]n(-c3[c-]c(Oc4[c-]c5c(cc4)c4ccccc4n5-c4cc(C([2H])(CC)CC)ccn4)ccc3)cc2)c([2H])c1[2H].[Pt]. The van der Waals surface area contributed by atoms with E-state index in [9.17, 15) is 0 Å². The van der Waals surface area contributed by atoms with Gasteiger partial charge in [-0.3, -0.25) is 4.57 Å². The molecule has 5 nitrogen and oxygen atoms in total. The Morgan fingerprint density at radius 3 is 2.13 bits per heavy atom. The molecule has 3 aromatic heterocycles. The van der Waals surface area contributed by atoms with Crippen LogP contribution in [0.2, 0.25) is 0 Å². The quantitative estimate of drug-likeness (QED) is 0.101. The Hall–Kier alpha value is -6.03. The summed E-state index contributed by atoms with van der Waals surface area (Å²) in [5, 5.41) is 2.05. The largest absolute Gasteiger partial charge is 0.510 e. The van der Waals surface area contributed by atoms with E-state index in [0.29, 0.717) is 47.1 Å². The molecule has 63 heavy (non-hydrogen) atoms. The van der Waals surface area contributed by atoms with Gasteiger partial charge in [0.25, 0.3) is 6.33 Å². The summed E-state index contributed by atoms with van der Waals surface area (Å²) in [5.74, 6) is 0.918. The number of nitrogens with zero attached hydrogens (tertiary/aromatic N) is 4. The third kappa shape index (κ3) is 8.69. The third-order valence-electron chi connectivity index (χ3n) is 11.6. The Labute approximate surface area is 395 Å². The summed E-state index contributed by atoms with van der Waals surface area (Å²) >= 11 is 0. The first-order chi connectivity index (χ1) is 32.3. The second-order valence-corrected chi connectivity index (χ2v) is 17.8. The summed E-state index contributed by atoms with van der Waals surface area (Å²) in [6, 6.07) is 39.2. The molecule has 0 fully saturated rings. The summed E-state index contributed by atoms with van der Waals surface area (Å²) in [5.41, 5.74) is 8.22. The Kier molecular flexibility index (Phi) is 10.2. The number of ether oxygens (including phenoxy) is 1. The number of hydrogen-bond donors (Lipinski definition) is 0. The van der Waals surface area contributed by atoms with Crippen molar-refractivity contribution in [2.24, 2.45) is 0 Å². The molecule has 3 heterocycles. The van der Waals surface area contributed by atoms with Gasteiger partial charge < -0.3 is 13.9 Å². The van der Waals surface area contributed by atoms with Crippen LogP contribution < -0.4 is 9.30 Å². The molecular weight excluding hydrogens is 952 g/mol. The summed E-state index contributed by atoms with van der Waals surface area (Å²) in [7, 11) is 0. The number of aromatic nitrogens is 4. The Morgan fingerprint density at radius 1 is 0.730 bits per heavy atom. The Balaban J connectivity index is 0.00000642. The first-order valence-electron chi connectivity index (χ1n) is 24.3. The van der Waals surface area contributed by atoms with Crippen LogP contribution in [0, 0.1) is 18.5 Å². The zero-order valence-electron chi connectivity index (χ0n) is 43.0. The van der Waals surface area contributed by atoms with E-state index in [-0.39, 0.29) is 49.5 Å². The fourth-order valence-corrected chi connectivity index (χ4v) is 8.19. The number of imidazole rings is 1. The second-order valence-electron chi connectivity index (χ2n) is 17.8. The normalized spacial score (nSPS) is 13.5. The summed E-state index contributed by atoms with van der Waals surface area (Å²) in [4.78, 5) is 4.80. The van der Waals surface area contributed by atoms with Gasteiger partial charge >= 0.3 is 0 Å². The monoisotopic (exact) mass is 1010 g/mol. The fourth-order valence-electron chi connectivity index (χ4n) is 8.19. The van der Waals surface area contributed by atoms with Crippen molar-refractivity contribution in [2.45, 2.75) is 85.0 Å². The van der Waals surface area contributed by atoms with E-state index < -0.39 is 24.0 Å². The van der Waals surface area contributed by atoms with Gasteiger partial charge in [-0.05, 0) is 97.8 Å². The van der Waals surface area contributed by atoms with Crippen molar-refractivity contribution in [1.82, 2.24) is 14.1 Å². The maximum atomic E-state index is 9.16.